The second-order valence-electron chi connectivity index (χ2n) is 5.88. The van der Waals surface area contributed by atoms with Crippen LogP contribution in [0.25, 0.3) is 22.2 Å². The van der Waals surface area contributed by atoms with Gasteiger partial charge in [0, 0.05) is 37.9 Å². The van der Waals surface area contributed by atoms with Gasteiger partial charge in [-0.05, 0) is 42.3 Å². The van der Waals surface area contributed by atoms with Crippen LogP contribution in [0.4, 0.5) is 9.39 Å². The molecule has 0 saturated carbocycles. The molecule has 0 bridgehead atoms. The maximum atomic E-state index is 13.1. The molecule has 1 aliphatic heterocycles. The number of rotatable bonds is 2. The van der Waals surface area contributed by atoms with Gasteiger partial charge in [0.05, 0.1) is 0 Å². The molecule has 3 aromatic rings. The summed E-state index contributed by atoms with van der Waals surface area (Å²) in [6.45, 7) is 4.14. The van der Waals surface area contributed by atoms with Crippen molar-refractivity contribution < 1.29 is 4.39 Å². The van der Waals surface area contributed by atoms with E-state index in [1.165, 1.54) is 23.7 Å². The minimum Gasteiger partial charge on any atom is -0.358 e. The first-order valence-electron chi connectivity index (χ1n) is 7.65. The van der Waals surface area contributed by atoms with Crippen LogP contribution in [0.2, 0.25) is 0 Å². The quantitative estimate of drug-likeness (QED) is 0.723. The molecule has 3 heterocycles. The van der Waals surface area contributed by atoms with E-state index < -0.39 is 0 Å². The predicted octanol–water partition coefficient (Wildman–Crippen LogP) is 3.25. The summed E-state index contributed by atoms with van der Waals surface area (Å²) < 4.78 is 17.6. The monoisotopic (exact) mass is 328 g/mol. The summed E-state index contributed by atoms with van der Waals surface area (Å²) in [5, 5.41) is 1.15. The van der Waals surface area contributed by atoms with Crippen molar-refractivity contribution in [1.82, 2.24) is 14.3 Å². The zero-order valence-electron chi connectivity index (χ0n) is 12.9. The highest BCUT2D eigenvalue weighted by atomic mass is 32.1. The molecular formula is C17H17FN4S. The molecule has 4 rings (SSSR count). The summed E-state index contributed by atoms with van der Waals surface area (Å²) in [5.41, 5.74) is 3.79. The van der Waals surface area contributed by atoms with Gasteiger partial charge in [-0.3, -0.25) is 4.98 Å². The summed E-state index contributed by atoms with van der Waals surface area (Å²) in [6, 6.07) is 8.51. The molecule has 0 unspecified atom stereocenters. The standard InChI is InChI=1S/C17H17FN4S/c1-21-6-8-22(9-7-21)17-16-15(20-23-17)10-13(11-19-16)12-2-4-14(18)5-3-12/h2-5,10-11H,6-9H2,1H3. The number of benzene rings is 1. The maximum absolute atomic E-state index is 13.1. The van der Waals surface area contributed by atoms with Crippen molar-refractivity contribution >= 4 is 27.6 Å². The van der Waals surface area contributed by atoms with Gasteiger partial charge in [-0.25, -0.2) is 4.39 Å². The van der Waals surface area contributed by atoms with Crippen LogP contribution in [0.1, 0.15) is 0 Å². The molecule has 0 N–H and O–H groups in total. The van der Waals surface area contributed by atoms with Crippen molar-refractivity contribution in [3.63, 3.8) is 0 Å². The molecule has 1 saturated heterocycles. The molecule has 2 aromatic heterocycles. The summed E-state index contributed by atoms with van der Waals surface area (Å²) in [5.74, 6) is -0.228. The Hall–Kier alpha value is -2.05. The van der Waals surface area contributed by atoms with E-state index in [-0.39, 0.29) is 5.82 Å². The first-order chi connectivity index (χ1) is 11.2. The number of pyridine rings is 1. The molecule has 0 spiro atoms. The van der Waals surface area contributed by atoms with Crippen molar-refractivity contribution in [2.75, 3.05) is 38.1 Å². The number of piperazine rings is 1. The van der Waals surface area contributed by atoms with E-state index in [9.17, 15) is 4.39 Å². The van der Waals surface area contributed by atoms with Crippen LogP contribution in [0, 0.1) is 5.82 Å². The van der Waals surface area contributed by atoms with Crippen LogP contribution in [0.3, 0.4) is 0 Å². The molecule has 0 radical (unpaired) electrons. The smallest absolute Gasteiger partial charge is 0.138 e. The van der Waals surface area contributed by atoms with Gasteiger partial charge in [0.2, 0.25) is 0 Å². The van der Waals surface area contributed by atoms with Gasteiger partial charge in [0.1, 0.15) is 21.9 Å². The zero-order chi connectivity index (χ0) is 15.8. The lowest BCUT2D eigenvalue weighted by molar-refractivity contribution is 0.313. The molecule has 1 aromatic carbocycles. The lowest BCUT2D eigenvalue weighted by atomic mass is 10.1. The lowest BCUT2D eigenvalue weighted by Gasteiger charge is -2.32. The number of hydrogen-bond acceptors (Lipinski definition) is 5. The van der Waals surface area contributed by atoms with E-state index >= 15 is 0 Å². The Balaban J connectivity index is 1.67. The highest BCUT2D eigenvalue weighted by Crippen LogP contribution is 2.32. The van der Waals surface area contributed by atoms with Crippen LogP contribution < -0.4 is 4.90 Å². The highest BCUT2D eigenvalue weighted by Gasteiger charge is 2.19. The average molecular weight is 328 g/mol. The number of likely N-dealkylation sites (N-methyl/N-ethyl adjacent to an activating group) is 1. The third-order valence-electron chi connectivity index (χ3n) is 4.27. The molecule has 1 aliphatic rings. The van der Waals surface area contributed by atoms with E-state index in [2.05, 4.69) is 26.2 Å². The summed E-state index contributed by atoms with van der Waals surface area (Å²) >= 11 is 1.51. The second-order valence-corrected chi connectivity index (χ2v) is 6.63. The first-order valence-corrected chi connectivity index (χ1v) is 8.43. The van der Waals surface area contributed by atoms with Crippen LogP contribution in [0.5, 0.6) is 0 Å². The lowest BCUT2D eigenvalue weighted by Crippen LogP contribution is -2.44. The topological polar surface area (TPSA) is 32.3 Å². The third kappa shape index (κ3) is 2.80. The van der Waals surface area contributed by atoms with Gasteiger partial charge in [-0.15, -0.1) is 0 Å². The van der Waals surface area contributed by atoms with Gasteiger partial charge in [0.15, 0.2) is 0 Å². The molecule has 4 nitrogen and oxygen atoms in total. The second kappa shape index (κ2) is 5.86. The summed E-state index contributed by atoms with van der Waals surface area (Å²) in [4.78, 5) is 9.33. The number of nitrogens with zero attached hydrogens (tertiary/aromatic N) is 4. The van der Waals surface area contributed by atoms with Crippen LogP contribution in [-0.4, -0.2) is 47.5 Å². The van der Waals surface area contributed by atoms with E-state index in [0.29, 0.717) is 0 Å². The summed E-state index contributed by atoms with van der Waals surface area (Å²) in [6.07, 6.45) is 1.85. The Bertz CT molecular complexity index is 822. The number of aromatic nitrogens is 2. The Morgan fingerprint density at radius 2 is 1.78 bits per heavy atom. The normalized spacial score (nSPS) is 16.2. The van der Waals surface area contributed by atoms with Gasteiger partial charge in [0.25, 0.3) is 0 Å². The Labute approximate surface area is 138 Å². The Kier molecular flexibility index (Phi) is 3.71. The molecule has 6 heteroatoms. The van der Waals surface area contributed by atoms with Gasteiger partial charge in [-0.1, -0.05) is 12.1 Å². The molecule has 118 valence electrons. The number of hydrogen-bond donors (Lipinski definition) is 0. The van der Waals surface area contributed by atoms with Crippen LogP contribution in [-0.2, 0) is 0 Å². The molecule has 23 heavy (non-hydrogen) atoms. The van der Waals surface area contributed by atoms with Crippen LogP contribution in [0.15, 0.2) is 36.5 Å². The van der Waals surface area contributed by atoms with E-state index in [0.717, 1.165) is 53.3 Å². The van der Waals surface area contributed by atoms with Crippen molar-refractivity contribution in [1.29, 1.82) is 0 Å². The largest absolute Gasteiger partial charge is 0.358 e. The highest BCUT2D eigenvalue weighted by molar-refractivity contribution is 7.11. The number of halogens is 1. The fourth-order valence-electron chi connectivity index (χ4n) is 2.84. The van der Waals surface area contributed by atoms with Crippen molar-refractivity contribution in [3.05, 3.63) is 42.3 Å². The molecular weight excluding hydrogens is 311 g/mol. The van der Waals surface area contributed by atoms with Crippen molar-refractivity contribution in [2.24, 2.45) is 0 Å². The minimum absolute atomic E-state index is 0.228. The number of anilines is 1. The molecule has 1 fully saturated rings. The fourth-order valence-corrected chi connectivity index (χ4v) is 3.71. The predicted molar refractivity (Wildman–Crippen MR) is 92.5 cm³/mol. The summed E-state index contributed by atoms with van der Waals surface area (Å²) in [7, 11) is 2.15. The average Bonchev–Trinajstić information content (AvgIpc) is 2.99. The third-order valence-corrected chi connectivity index (χ3v) is 5.18. The Morgan fingerprint density at radius 1 is 1.04 bits per heavy atom. The van der Waals surface area contributed by atoms with E-state index in [1.54, 1.807) is 12.1 Å². The number of fused-ring (bicyclic) bond motifs is 1. The molecule has 0 aliphatic carbocycles. The SMILES string of the molecule is CN1CCN(c2snc3cc(-c4ccc(F)cc4)cnc23)CC1. The van der Waals surface area contributed by atoms with Crippen LogP contribution >= 0.6 is 11.5 Å². The fraction of sp³-hybridized carbons (Fsp3) is 0.294. The Morgan fingerprint density at radius 3 is 2.52 bits per heavy atom. The maximum Gasteiger partial charge on any atom is 0.138 e. The van der Waals surface area contributed by atoms with E-state index in [1.807, 2.05) is 12.3 Å². The first kappa shape index (κ1) is 14.5. The van der Waals surface area contributed by atoms with Gasteiger partial charge >= 0.3 is 0 Å². The minimum atomic E-state index is -0.228. The van der Waals surface area contributed by atoms with Crippen molar-refractivity contribution in [3.8, 4) is 11.1 Å². The zero-order valence-corrected chi connectivity index (χ0v) is 13.7. The van der Waals surface area contributed by atoms with Crippen molar-refractivity contribution in [2.45, 2.75) is 0 Å². The van der Waals surface area contributed by atoms with Gasteiger partial charge < -0.3 is 9.80 Å². The van der Waals surface area contributed by atoms with Gasteiger partial charge in [-0.2, -0.15) is 4.37 Å². The van der Waals surface area contributed by atoms with E-state index in [4.69, 9.17) is 0 Å². The molecule has 0 atom stereocenters. The molecule has 0 amide bonds.